The van der Waals surface area contributed by atoms with Crippen molar-refractivity contribution in [2.75, 3.05) is 13.1 Å². The van der Waals surface area contributed by atoms with Crippen LogP contribution in [0, 0.1) is 0 Å². The van der Waals surface area contributed by atoms with Crippen molar-refractivity contribution in [2.45, 2.75) is 44.2 Å². The molecule has 18 heavy (non-hydrogen) atoms. The zero-order valence-corrected chi connectivity index (χ0v) is 10.6. The highest BCUT2D eigenvalue weighted by molar-refractivity contribution is 5.92. The molecule has 5 heteroatoms. The lowest BCUT2D eigenvalue weighted by Crippen LogP contribution is -2.52. The average Bonchev–Trinajstić information content (AvgIpc) is 3.11. The molecular formula is C13H20N4O. The first kappa shape index (κ1) is 11.7. The molecule has 0 radical (unpaired) electrons. The Morgan fingerprint density at radius 2 is 2.28 bits per heavy atom. The topological polar surface area (TPSA) is 61.0 Å². The number of aromatic amines is 1. The average molecular weight is 248 g/mol. The van der Waals surface area contributed by atoms with Crippen molar-refractivity contribution >= 4 is 5.91 Å². The highest BCUT2D eigenvalue weighted by atomic mass is 16.2. The number of amides is 1. The van der Waals surface area contributed by atoms with Gasteiger partial charge in [0, 0.05) is 24.8 Å². The first-order valence-corrected chi connectivity index (χ1v) is 6.90. The van der Waals surface area contributed by atoms with E-state index in [1.54, 1.807) is 12.3 Å². The Labute approximate surface area is 107 Å². The summed E-state index contributed by atoms with van der Waals surface area (Å²) in [5.74, 6) is 0.103. The summed E-state index contributed by atoms with van der Waals surface area (Å²) in [6, 6.07) is 2.60. The first-order chi connectivity index (χ1) is 8.86. The van der Waals surface area contributed by atoms with Crippen LogP contribution in [0.15, 0.2) is 12.3 Å². The Morgan fingerprint density at radius 3 is 3.00 bits per heavy atom. The van der Waals surface area contributed by atoms with Gasteiger partial charge < -0.3 is 10.2 Å². The van der Waals surface area contributed by atoms with Gasteiger partial charge >= 0.3 is 0 Å². The van der Waals surface area contributed by atoms with E-state index in [0.29, 0.717) is 17.8 Å². The van der Waals surface area contributed by atoms with Gasteiger partial charge in [0.25, 0.3) is 5.91 Å². The number of aromatic nitrogens is 2. The lowest BCUT2D eigenvalue weighted by atomic mass is 9.94. The molecule has 1 aromatic rings. The molecule has 3 rings (SSSR count). The third-order valence-electron chi connectivity index (χ3n) is 4.10. The van der Waals surface area contributed by atoms with Crippen molar-refractivity contribution in [1.29, 1.82) is 0 Å². The summed E-state index contributed by atoms with van der Waals surface area (Å²) in [5.41, 5.74) is 0.611. The summed E-state index contributed by atoms with van der Waals surface area (Å²) in [4.78, 5) is 14.5. The first-order valence-electron chi connectivity index (χ1n) is 6.90. The molecule has 0 spiro atoms. The van der Waals surface area contributed by atoms with Crippen LogP contribution < -0.4 is 5.32 Å². The zero-order chi connectivity index (χ0) is 12.4. The second kappa shape index (κ2) is 5.10. The van der Waals surface area contributed by atoms with Crippen LogP contribution >= 0.6 is 0 Å². The third kappa shape index (κ3) is 2.14. The molecule has 2 fully saturated rings. The van der Waals surface area contributed by atoms with Crippen molar-refractivity contribution in [2.24, 2.45) is 0 Å². The molecule has 2 atom stereocenters. The van der Waals surface area contributed by atoms with Crippen LogP contribution in [0.25, 0.3) is 0 Å². The van der Waals surface area contributed by atoms with Gasteiger partial charge in [-0.2, -0.15) is 5.10 Å². The van der Waals surface area contributed by atoms with Crippen LogP contribution in [0.2, 0.25) is 0 Å². The molecule has 3 heterocycles. The standard InChI is InChI=1S/C13H20N4O/c18-13(11-6-8-15-16-11)17-9-2-1-5-12(17)10-4-3-7-14-10/h6,8,10,12,14H,1-5,7,9H2,(H,15,16). The lowest BCUT2D eigenvalue weighted by molar-refractivity contribution is 0.0557. The SMILES string of the molecule is O=C(c1ccn[nH]1)N1CCCCC1C1CCCN1. The molecule has 0 aromatic carbocycles. The summed E-state index contributed by atoms with van der Waals surface area (Å²) in [6.45, 7) is 1.97. The predicted octanol–water partition coefficient (Wildman–Crippen LogP) is 1.16. The molecule has 0 bridgehead atoms. The Hall–Kier alpha value is -1.36. The van der Waals surface area contributed by atoms with Crippen LogP contribution in [0.4, 0.5) is 0 Å². The van der Waals surface area contributed by atoms with Crippen molar-refractivity contribution < 1.29 is 4.79 Å². The molecule has 2 saturated heterocycles. The van der Waals surface area contributed by atoms with Gasteiger partial charge in [-0.15, -0.1) is 0 Å². The molecule has 2 aliphatic heterocycles. The molecule has 98 valence electrons. The monoisotopic (exact) mass is 248 g/mol. The highest BCUT2D eigenvalue weighted by Gasteiger charge is 2.34. The maximum Gasteiger partial charge on any atom is 0.272 e. The number of carbonyl (C=O) groups excluding carboxylic acids is 1. The van der Waals surface area contributed by atoms with E-state index in [1.165, 1.54) is 19.3 Å². The molecule has 2 unspecified atom stereocenters. The van der Waals surface area contributed by atoms with Crippen LogP contribution in [0.5, 0.6) is 0 Å². The largest absolute Gasteiger partial charge is 0.333 e. The Balaban J connectivity index is 1.76. The quantitative estimate of drug-likeness (QED) is 0.825. The molecule has 1 aromatic heterocycles. The normalized spacial score (nSPS) is 28.6. The second-order valence-corrected chi connectivity index (χ2v) is 5.23. The number of nitrogens with zero attached hydrogens (tertiary/aromatic N) is 2. The predicted molar refractivity (Wildman–Crippen MR) is 68.3 cm³/mol. The molecule has 2 N–H and O–H groups in total. The van der Waals surface area contributed by atoms with E-state index in [9.17, 15) is 4.79 Å². The Bertz CT molecular complexity index is 397. The minimum Gasteiger partial charge on any atom is -0.333 e. The molecule has 5 nitrogen and oxygen atoms in total. The molecule has 1 amide bonds. The number of hydrogen-bond acceptors (Lipinski definition) is 3. The van der Waals surface area contributed by atoms with Crippen LogP contribution in [-0.2, 0) is 0 Å². The van der Waals surface area contributed by atoms with Gasteiger partial charge in [-0.25, -0.2) is 0 Å². The van der Waals surface area contributed by atoms with E-state index in [4.69, 9.17) is 0 Å². The Morgan fingerprint density at radius 1 is 1.33 bits per heavy atom. The van der Waals surface area contributed by atoms with Gasteiger partial charge in [0.2, 0.25) is 0 Å². The maximum atomic E-state index is 12.5. The van der Waals surface area contributed by atoms with Gasteiger partial charge in [0.15, 0.2) is 0 Å². The van der Waals surface area contributed by atoms with Gasteiger partial charge in [-0.1, -0.05) is 0 Å². The maximum absolute atomic E-state index is 12.5. The molecule has 0 saturated carbocycles. The fraction of sp³-hybridized carbons (Fsp3) is 0.692. The molecule has 0 aliphatic carbocycles. The van der Waals surface area contributed by atoms with Gasteiger partial charge in [0.1, 0.15) is 5.69 Å². The molecular weight excluding hydrogens is 228 g/mol. The summed E-state index contributed by atoms with van der Waals surface area (Å²) >= 11 is 0. The zero-order valence-electron chi connectivity index (χ0n) is 10.6. The number of likely N-dealkylation sites (tertiary alicyclic amines) is 1. The number of rotatable bonds is 2. The van der Waals surface area contributed by atoms with Crippen molar-refractivity contribution in [3.05, 3.63) is 18.0 Å². The van der Waals surface area contributed by atoms with Gasteiger partial charge in [-0.05, 0) is 44.7 Å². The lowest BCUT2D eigenvalue weighted by Gasteiger charge is -2.39. The smallest absolute Gasteiger partial charge is 0.272 e. The number of carbonyl (C=O) groups is 1. The van der Waals surface area contributed by atoms with Crippen LogP contribution in [0.1, 0.15) is 42.6 Å². The van der Waals surface area contributed by atoms with E-state index in [-0.39, 0.29) is 5.91 Å². The van der Waals surface area contributed by atoms with Crippen LogP contribution in [0.3, 0.4) is 0 Å². The highest BCUT2D eigenvalue weighted by Crippen LogP contribution is 2.25. The van der Waals surface area contributed by atoms with Crippen molar-refractivity contribution in [3.8, 4) is 0 Å². The van der Waals surface area contributed by atoms with Gasteiger partial charge in [0.05, 0.1) is 0 Å². The van der Waals surface area contributed by atoms with Crippen molar-refractivity contribution in [3.63, 3.8) is 0 Å². The Kier molecular flexibility index (Phi) is 3.32. The van der Waals surface area contributed by atoms with Gasteiger partial charge in [-0.3, -0.25) is 9.89 Å². The number of H-pyrrole nitrogens is 1. The minimum atomic E-state index is 0.103. The van der Waals surface area contributed by atoms with E-state index in [0.717, 1.165) is 25.9 Å². The summed E-state index contributed by atoms with van der Waals surface area (Å²) in [7, 11) is 0. The number of hydrogen-bond donors (Lipinski definition) is 2. The second-order valence-electron chi connectivity index (χ2n) is 5.23. The summed E-state index contributed by atoms with van der Waals surface area (Å²) in [5, 5.41) is 10.2. The van der Waals surface area contributed by atoms with Crippen molar-refractivity contribution in [1.82, 2.24) is 20.4 Å². The fourth-order valence-corrected chi connectivity index (χ4v) is 3.20. The van der Waals surface area contributed by atoms with E-state index < -0.39 is 0 Å². The van der Waals surface area contributed by atoms with E-state index in [1.807, 2.05) is 4.90 Å². The van der Waals surface area contributed by atoms with Crippen LogP contribution in [-0.4, -0.2) is 46.2 Å². The van der Waals surface area contributed by atoms with E-state index >= 15 is 0 Å². The molecule has 2 aliphatic rings. The third-order valence-corrected chi connectivity index (χ3v) is 4.10. The number of nitrogens with one attached hydrogen (secondary N) is 2. The summed E-state index contributed by atoms with van der Waals surface area (Å²) < 4.78 is 0. The van der Waals surface area contributed by atoms with E-state index in [2.05, 4.69) is 15.5 Å². The fourth-order valence-electron chi connectivity index (χ4n) is 3.20. The minimum absolute atomic E-state index is 0.103. The number of piperidine rings is 1. The summed E-state index contributed by atoms with van der Waals surface area (Å²) in [6.07, 6.45) is 7.53.